The molecule has 0 saturated heterocycles. The van der Waals surface area contributed by atoms with Crippen LogP contribution in [-0.4, -0.2) is 12.3 Å². The number of ether oxygens (including phenoxy) is 2. The summed E-state index contributed by atoms with van der Waals surface area (Å²) in [6.07, 6.45) is 1.03. The highest BCUT2D eigenvalue weighted by Crippen LogP contribution is 2.26. The number of rotatable bonds is 5. The molecular formula is C18H20INO2S. The second kappa shape index (κ2) is 8.49. The highest BCUT2D eigenvalue weighted by Gasteiger charge is 2.10. The summed E-state index contributed by atoms with van der Waals surface area (Å²) in [7, 11) is 1.56. The molecule has 5 heteroatoms. The van der Waals surface area contributed by atoms with Crippen LogP contribution in [0.2, 0.25) is 0 Å². The molecule has 0 radical (unpaired) electrons. The number of methoxy groups -OCH3 is 1. The van der Waals surface area contributed by atoms with E-state index in [9.17, 15) is 0 Å². The topological polar surface area (TPSA) is 30.5 Å². The van der Waals surface area contributed by atoms with E-state index in [2.05, 4.69) is 53.9 Å². The molecule has 0 fully saturated rings. The van der Waals surface area contributed by atoms with Crippen molar-refractivity contribution in [2.24, 2.45) is 0 Å². The summed E-state index contributed by atoms with van der Waals surface area (Å²) in [5.74, 6) is 0.904. The summed E-state index contributed by atoms with van der Waals surface area (Å²) in [6.45, 7) is 4.69. The second-order valence-electron chi connectivity index (χ2n) is 5.13. The Bertz CT molecular complexity index is 703. The Hall–Kier alpha value is -1.34. The van der Waals surface area contributed by atoms with Gasteiger partial charge < -0.3 is 14.8 Å². The lowest BCUT2D eigenvalue weighted by molar-refractivity contribution is 0.304. The first-order valence-electron chi connectivity index (χ1n) is 7.39. The highest BCUT2D eigenvalue weighted by atomic mass is 127. The number of aryl methyl sites for hydroxylation is 2. The normalized spacial score (nSPS) is 10.3. The molecule has 0 aliphatic heterocycles. The number of halogens is 1. The maximum absolute atomic E-state index is 6.01. The molecular weight excluding hydrogens is 421 g/mol. The van der Waals surface area contributed by atoms with E-state index in [-0.39, 0.29) is 0 Å². The van der Waals surface area contributed by atoms with Crippen LogP contribution in [0.3, 0.4) is 0 Å². The standard InChI is InChI=1S/C18H20INO2S/c1-4-13-8-9-16(12(2)10-13)22-11-14-6-5-7-15(19)17(14)20-18(23)21-3/h5-10H,4,11H2,1-3H3,(H,20,23). The predicted molar refractivity (Wildman–Crippen MR) is 107 cm³/mol. The quantitative estimate of drug-likeness (QED) is 0.518. The van der Waals surface area contributed by atoms with Crippen LogP contribution >= 0.6 is 34.8 Å². The predicted octanol–water partition coefficient (Wildman–Crippen LogP) is 5.08. The van der Waals surface area contributed by atoms with Crippen molar-refractivity contribution in [3.63, 3.8) is 0 Å². The van der Waals surface area contributed by atoms with Crippen LogP contribution in [0, 0.1) is 10.5 Å². The number of hydrogen-bond donors (Lipinski definition) is 1. The Morgan fingerprint density at radius 1 is 1.26 bits per heavy atom. The average molecular weight is 441 g/mol. The summed E-state index contributed by atoms with van der Waals surface area (Å²) in [5, 5.41) is 3.47. The van der Waals surface area contributed by atoms with Crippen molar-refractivity contribution in [1.29, 1.82) is 0 Å². The van der Waals surface area contributed by atoms with Crippen LogP contribution in [-0.2, 0) is 17.8 Å². The molecule has 0 atom stereocenters. The molecule has 0 aromatic heterocycles. The molecule has 0 aliphatic rings. The van der Waals surface area contributed by atoms with Crippen LogP contribution in [0.1, 0.15) is 23.6 Å². The maximum atomic E-state index is 6.01. The van der Waals surface area contributed by atoms with Gasteiger partial charge in [-0.05, 0) is 71.4 Å². The highest BCUT2D eigenvalue weighted by molar-refractivity contribution is 14.1. The fourth-order valence-electron chi connectivity index (χ4n) is 2.23. The van der Waals surface area contributed by atoms with Gasteiger partial charge in [0.15, 0.2) is 0 Å². The number of hydrogen-bond acceptors (Lipinski definition) is 3. The lowest BCUT2D eigenvalue weighted by Gasteiger charge is -2.15. The number of thiocarbonyl (C=S) groups is 1. The van der Waals surface area contributed by atoms with E-state index in [1.165, 1.54) is 5.56 Å². The number of nitrogens with one attached hydrogen (secondary N) is 1. The van der Waals surface area contributed by atoms with Gasteiger partial charge in [0, 0.05) is 9.13 Å². The fourth-order valence-corrected chi connectivity index (χ4v) is 3.02. The van der Waals surface area contributed by atoms with Gasteiger partial charge in [-0.3, -0.25) is 0 Å². The van der Waals surface area contributed by atoms with E-state index in [1.54, 1.807) is 7.11 Å². The van der Waals surface area contributed by atoms with Crippen LogP contribution < -0.4 is 10.1 Å². The van der Waals surface area contributed by atoms with Crippen molar-refractivity contribution < 1.29 is 9.47 Å². The van der Waals surface area contributed by atoms with Crippen molar-refractivity contribution >= 4 is 45.7 Å². The van der Waals surface area contributed by atoms with E-state index < -0.39 is 0 Å². The SMILES string of the molecule is CCc1ccc(OCc2cccc(I)c2NC(=S)OC)c(C)c1. The van der Waals surface area contributed by atoms with Crippen molar-refractivity contribution in [3.8, 4) is 5.75 Å². The Kier molecular flexibility index (Phi) is 6.65. The van der Waals surface area contributed by atoms with Crippen molar-refractivity contribution in [2.45, 2.75) is 26.9 Å². The van der Waals surface area contributed by atoms with E-state index >= 15 is 0 Å². The minimum atomic E-state index is 0.346. The third kappa shape index (κ3) is 4.81. The minimum absolute atomic E-state index is 0.346. The zero-order valence-electron chi connectivity index (χ0n) is 13.5. The first kappa shape index (κ1) is 18.0. The molecule has 3 nitrogen and oxygen atoms in total. The summed E-state index contributed by atoms with van der Waals surface area (Å²) < 4.78 is 12.1. The molecule has 2 aromatic carbocycles. The van der Waals surface area contributed by atoms with E-state index in [0.29, 0.717) is 11.8 Å². The third-order valence-electron chi connectivity index (χ3n) is 3.54. The molecule has 0 saturated carbocycles. The lowest BCUT2D eigenvalue weighted by Crippen LogP contribution is -2.14. The van der Waals surface area contributed by atoms with Gasteiger partial charge >= 0.3 is 0 Å². The molecule has 1 N–H and O–H groups in total. The zero-order valence-corrected chi connectivity index (χ0v) is 16.5. The Morgan fingerprint density at radius 3 is 2.70 bits per heavy atom. The van der Waals surface area contributed by atoms with Gasteiger partial charge in [0.05, 0.1) is 12.8 Å². The van der Waals surface area contributed by atoms with Crippen LogP contribution in [0.25, 0.3) is 0 Å². The van der Waals surface area contributed by atoms with Crippen molar-refractivity contribution in [3.05, 3.63) is 56.7 Å². The molecule has 2 aromatic rings. The van der Waals surface area contributed by atoms with Gasteiger partial charge in [-0.1, -0.05) is 31.2 Å². The minimum Gasteiger partial charge on any atom is -0.489 e. The van der Waals surface area contributed by atoms with E-state index in [1.807, 2.05) is 24.3 Å². The lowest BCUT2D eigenvalue weighted by atomic mass is 10.1. The van der Waals surface area contributed by atoms with Gasteiger partial charge in [-0.15, -0.1) is 0 Å². The van der Waals surface area contributed by atoms with Crippen LogP contribution in [0.4, 0.5) is 5.69 Å². The number of para-hydroxylation sites is 1. The van der Waals surface area contributed by atoms with Gasteiger partial charge in [0.2, 0.25) is 0 Å². The number of anilines is 1. The van der Waals surface area contributed by atoms with Crippen LogP contribution in [0.5, 0.6) is 5.75 Å². The summed E-state index contributed by atoms with van der Waals surface area (Å²) in [5.41, 5.74) is 4.44. The molecule has 0 unspecified atom stereocenters. The number of benzene rings is 2. The molecule has 2 rings (SSSR count). The van der Waals surface area contributed by atoms with E-state index in [4.69, 9.17) is 21.7 Å². The Morgan fingerprint density at radius 2 is 2.04 bits per heavy atom. The first-order chi connectivity index (χ1) is 11.0. The molecule has 0 spiro atoms. The molecule has 0 amide bonds. The van der Waals surface area contributed by atoms with E-state index in [0.717, 1.165) is 32.6 Å². The second-order valence-corrected chi connectivity index (χ2v) is 6.67. The van der Waals surface area contributed by atoms with Gasteiger partial charge in [-0.2, -0.15) is 0 Å². The molecule has 23 heavy (non-hydrogen) atoms. The Labute approximate surface area is 156 Å². The van der Waals surface area contributed by atoms with Gasteiger partial charge in [0.25, 0.3) is 5.17 Å². The van der Waals surface area contributed by atoms with Gasteiger partial charge in [0.1, 0.15) is 12.4 Å². The van der Waals surface area contributed by atoms with Gasteiger partial charge in [-0.25, -0.2) is 0 Å². The first-order valence-corrected chi connectivity index (χ1v) is 8.88. The smallest absolute Gasteiger partial charge is 0.260 e. The molecule has 122 valence electrons. The van der Waals surface area contributed by atoms with Crippen molar-refractivity contribution in [1.82, 2.24) is 0 Å². The largest absolute Gasteiger partial charge is 0.489 e. The average Bonchev–Trinajstić information content (AvgIpc) is 2.56. The monoisotopic (exact) mass is 441 g/mol. The fraction of sp³-hybridized carbons (Fsp3) is 0.278. The maximum Gasteiger partial charge on any atom is 0.260 e. The summed E-state index contributed by atoms with van der Waals surface area (Å²) in [4.78, 5) is 0. The molecule has 0 aliphatic carbocycles. The van der Waals surface area contributed by atoms with Crippen molar-refractivity contribution in [2.75, 3.05) is 12.4 Å². The molecule has 0 heterocycles. The molecule has 0 bridgehead atoms. The zero-order chi connectivity index (χ0) is 16.8. The summed E-state index contributed by atoms with van der Waals surface area (Å²) >= 11 is 7.38. The van der Waals surface area contributed by atoms with Crippen LogP contribution in [0.15, 0.2) is 36.4 Å². The third-order valence-corrected chi connectivity index (χ3v) is 4.71. The Balaban J connectivity index is 2.17. The summed E-state index contributed by atoms with van der Waals surface area (Å²) in [6, 6.07) is 12.4.